The molecule has 1 amide bonds. The summed E-state index contributed by atoms with van der Waals surface area (Å²) in [6, 6.07) is 13.4. The maximum Gasteiger partial charge on any atom is 0.247 e. The molecule has 0 bridgehead atoms. The fourth-order valence-corrected chi connectivity index (χ4v) is 4.00. The van der Waals surface area contributed by atoms with Crippen molar-refractivity contribution in [2.24, 2.45) is 7.05 Å². The highest BCUT2D eigenvalue weighted by atomic mass is 16.5. The molecule has 0 aliphatic carbocycles. The van der Waals surface area contributed by atoms with Crippen molar-refractivity contribution < 1.29 is 12.3 Å². The lowest BCUT2D eigenvalue weighted by Crippen LogP contribution is -2.29. The van der Waals surface area contributed by atoms with Crippen LogP contribution in [0.5, 0.6) is 5.75 Å². The zero-order chi connectivity index (χ0) is 28.3. The van der Waals surface area contributed by atoms with Crippen LogP contribution in [0.1, 0.15) is 2.74 Å². The van der Waals surface area contributed by atoms with Crippen molar-refractivity contribution in [1.29, 1.82) is 0 Å². The first-order chi connectivity index (χ1) is 18.5. The van der Waals surface area contributed by atoms with Gasteiger partial charge in [-0.15, -0.1) is 0 Å². The largest absolute Gasteiger partial charge is 0.494 e. The Morgan fingerprint density at radius 3 is 2.73 bits per heavy atom. The number of aryl methyl sites for hydroxylation is 1. The molecule has 4 aromatic rings. The monoisotopic (exact) mass is 501 g/mol. The van der Waals surface area contributed by atoms with Gasteiger partial charge in [-0.1, -0.05) is 24.8 Å². The van der Waals surface area contributed by atoms with Crippen LogP contribution in [0.15, 0.2) is 67.5 Å². The van der Waals surface area contributed by atoms with Crippen LogP contribution in [-0.4, -0.2) is 66.6 Å². The van der Waals surface area contributed by atoms with Gasteiger partial charge in [0, 0.05) is 64.8 Å². The Morgan fingerprint density at radius 1 is 1.22 bits per heavy atom. The maximum absolute atomic E-state index is 12.3. The number of carbonyl (C=O) groups excluding carboxylic acids is 1. The molecule has 0 saturated heterocycles. The van der Waals surface area contributed by atoms with Crippen molar-refractivity contribution in [3.05, 3.63) is 67.5 Å². The summed E-state index contributed by atoms with van der Waals surface area (Å²) >= 11 is 0. The normalized spacial score (nSPS) is 12.2. The van der Waals surface area contributed by atoms with Gasteiger partial charge >= 0.3 is 0 Å². The van der Waals surface area contributed by atoms with Gasteiger partial charge in [-0.2, -0.15) is 0 Å². The van der Waals surface area contributed by atoms with E-state index >= 15 is 0 Å². The van der Waals surface area contributed by atoms with Crippen molar-refractivity contribution in [1.82, 2.24) is 19.4 Å². The van der Waals surface area contributed by atoms with Crippen molar-refractivity contribution in [2.75, 3.05) is 56.8 Å². The number of rotatable bonds is 10. The lowest BCUT2D eigenvalue weighted by molar-refractivity contribution is -0.111. The lowest BCUT2D eigenvalue weighted by Gasteiger charge is -2.26. The van der Waals surface area contributed by atoms with Gasteiger partial charge in [-0.3, -0.25) is 4.79 Å². The van der Waals surface area contributed by atoms with Crippen LogP contribution in [0.25, 0.3) is 22.2 Å². The molecule has 192 valence electrons. The molecule has 0 saturated carbocycles. The predicted molar refractivity (Wildman–Crippen MR) is 151 cm³/mol. The standard InChI is InChI=1S/C28H33N7O2/c1-7-27(36)30-22-16-23(26(37-6)17-25(22)34(4)15-14-33(2)3)32-28-29-13-12-21(31-28)20-18-35(5)24-11-9-8-10-19(20)24/h7-13,16-18H,1,14-15H2,2-6H3,(H,30,36)(H,29,31,32)/i14D2. The van der Waals surface area contributed by atoms with Crippen molar-refractivity contribution >= 4 is 39.8 Å². The number of aromatic nitrogens is 3. The molecule has 0 radical (unpaired) electrons. The second-order valence-electron chi connectivity index (χ2n) is 8.73. The van der Waals surface area contributed by atoms with Gasteiger partial charge in [0.1, 0.15) is 5.75 Å². The summed E-state index contributed by atoms with van der Waals surface area (Å²) in [7, 11) is 8.64. The number of hydrogen-bond acceptors (Lipinski definition) is 7. The highest BCUT2D eigenvalue weighted by Crippen LogP contribution is 2.38. The van der Waals surface area contributed by atoms with Gasteiger partial charge in [0.05, 0.1) is 29.9 Å². The van der Waals surface area contributed by atoms with Crippen molar-refractivity contribution in [2.45, 2.75) is 0 Å². The number of amides is 1. The van der Waals surface area contributed by atoms with Gasteiger partial charge in [0.2, 0.25) is 11.9 Å². The molecule has 0 fully saturated rings. The second-order valence-corrected chi connectivity index (χ2v) is 8.73. The molecule has 2 N–H and O–H groups in total. The average Bonchev–Trinajstić information content (AvgIpc) is 3.25. The minimum absolute atomic E-state index is 0.0447. The zero-order valence-corrected chi connectivity index (χ0v) is 21.7. The quantitative estimate of drug-likeness (QED) is 0.309. The minimum atomic E-state index is -1.62. The molecule has 0 aliphatic rings. The molecule has 9 nitrogen and oxygen atoms in total. The summed E-state index contributed by atoms with van der Waals surface area (Å²) in [4.78, 5) is 24.6. The van der Waals surface area contributed by atoms with Crippen LogP contribution in [0.3, 0.4) is 0 Å². The van der Waals surface area contributed by atoms with E-state index in [9.17, 15) is 4.79 Å². The smallest absolute Gasteiger partial charge is 0.247 e. The lowest BCUT2D eigenvalue weighted by atomic mass is 10.1. The van der Waals surface area contributed by atoms with E-state index in [0.29, 0.717) is 28.8 Å². The van der Waals surface area contributed by atoms with Gasteiger partial charge in [0.15, 0.2) is 0 Å². The van der Waals surface area contributed by atoms with Crippen LogP contribution in [0.2, 0.25) is 0 Å². The topological polar surface area (TPSA) is 87.5 Å². The molecular weight excluding hydrogens is 466 g/mol. The second kappa shape index (κ2) is 11.1. The summed E-state index contributed by atoms with van der Waals surface area (Å²) in [5.41, 5.74) is 4.39. The van der Waals surface area contributed by atoms with E-state index in [1.807, 2.05) is 31.4 Å². The van der Waals surface area contributed by atoms with Crippen LogP contribution in [0.4, 0.5) is 23.0 Å². The summed E-state index contributed by atoms with van der Waals surface area (Å²) < 4.78 is 24.4. The molecule has 2 heterocycles. The Balaban J connectivity index is 1.72. The Bertz CT molecular complexity index is 1520. The van der Waals surface area contributed by atoms with Crippen LogP contribution >= 0.6 is 0 Å². The zero-order valence-electron chi connectivity index (χ0n) is 23.7. The fraction of sp³-hybridized carbons (Fsp3) is 0.250. The number of ether oxygens (including phenoxy) is 1. The number of nitrogens with zero attached hydrogens (tertiary/aromatic N) is 5. The molecule has 9 heteroatoms. The number of para-hydroxylation sites is 1. The van der Waals surface area contributed by atoms with Gasteiger partial charge in [0.25, 0.3) is 0 Å². The molecule has 2 aromatic heterocycles. The number of carbonyl (C=O) groups is 1. The van der Waals surface area contributed by atoms with E-state index in [1.165, 1.54) is 11.0 Å². The summed E-state index contributed by atoms with van der Waals surface area (Å²) in [6.45, 7) is 1.97. The molecule has 0 spiro atoms. The Hall–Kier alpha value is -4.37. The molecule has 0 atom stereocenters. The highest BCUT2D eigenvalue weighted by molar-refractivity contribution is 6.02. The Labute approximate surface area is 220 Å². The first-order valence-electron chi connectivity index (χ1n) is 12.7. The Kier molecular flexibility index (Phi) is 6.94. The molecular formula is C28H33N7O2. The third kappa shape index (κ3) is 5.73. The third-order valence-electron chi connectivity index (χ3n) is 5.87. The fourth-order valence-electron chi connectivity index (χ4n) is 4.00. The number of nitrogens with one attached hydrogen (secondary N) is 2. The predicted octanol–water partition coefficient (Wildman–Crippen LogP) is 4.51. The molecule has 0 aliphatic heterocycles. The first kappa shape index (κ1) is 23.1. The summed E-state index contributed by atoms with van der Waals surface area (Å²) in [5.74, 6) is 0.424. The van der Waals surface area contributed by atoms with Gasteiger partial charge < -0.3 is 29.7 Å². The number of fused-ring (bicyclic) bond motifs is 1. The third-order valence-corrected chi connectivity index (χ3v) is 5.87. The van der Waals surface area contributed by atoms with E-state index < -0.39 is 12.4 Å². The van der Waals surface area contributed by atoms with Crippen LogP contribution < -0.4 is 20.3 Å². The Morgan fingerprint density at radius 2 is 2.00 bits per heavy atom. The molecule has 0 unspecified atom stereocenters. The summed E-state index contributed by atoms with van der Waals surface area (Å²) in [6.07, 6.45) is 4.90. The van der Waals surface area contributed by atoms with Crippen LogP contribution in [-0.2, 0) is 11.8 Å². The van der Waals surface area contributed by atoms with Crippen LogP contribution in [0, 0.1) is 0 Å². The highest BCUT2D eigenvalue weighted by Gasteiger charge is 2.17. The van der Waals surface area contributed by atoms with Crippen molar-refractivity contribution in [3.8, 4) is 17.0 Å². The van der Waals surface area contributed by atoms with E-state index in [-0.39, 0.29) is 6.54 Å². The minimum Gasteiger partial charge on any atom is -0.494 e. The summed E-state index contributed by atoms with van der Waals surface area (Å²) in [5, 5.41) is 7.13. The number of hydrogen-bond donors (Lipinski definition) is 2. The number of likely N-dealkylation sites (N-methyl/N-ethyl adjacent to an activating group) is 2. The number of methoxy groups -OCH3 is 1. The molecule has 37 heavy (non-hydrogen) atoms. The average molecular weight is 502 g/mol. The molecule has 4 rings (SSSR count). The van der Waals surface area contributed by atoms with E-state index in [0.717, 1.165) is 22.2 Å². The van der Waals surface area contributed by atoms with E-state index in [2.05, 4.69) is 38.9 Å². The number of anilines is 4. The first-order valence-corrected chi connectivity index (χ1v) is 11.7. The van der Waals surface area contributed by atoms with E-state index in [4.69, 9.17) is 12.5 Å². The number of benzene rings is 2. The van der Waals surface area contributed by atoms with Crippen molar-refractivity contribution in [3.63, 3.8) is 0 Å². The SMILES string of the molecule is [2H]C([2H])(CN(C)c1cc(OC)c(Nc2nccc(-c3cn(C)c4ccccc34)n2)cc1NC(=O)C=C)N(C)C. The van der Waals surface area contributed by atoms with E-state index in [1.54, 1.807) is 51.5 Å². The van der Waals surface area contributed by atoms with Gasteiger partial charge in [-0.25, -0.2) is 9.97 Å². The molecule has 2 aromatic carbocycles. The van der Waals surface area contributed by atoms with Gasteiger partial charge in [-0.05, 0) is 38.4 Å². The maximum atomic E-state index is 12.3.